The van der Waals surface area contributed by atoms with Crippen LogP contribution < -0.4 is 14.9 Å². The van der Waals surface area contributed by atoms with Crippen molar-refractivity contribution in [1.82, 2.24) is 4.90 Å². The van der Waals surface area contributed by atoms with Crippen LogP contribution in [0, 0.1) is 5.92 Å². The molecule has 4 atom stereocenters. The number of piperidine rings is 1. The lowest BCUT2D eigenvalue weighted by molar-refractivity contribution is -0.127. The molecule has 2 unspecified atom stereocenters. The highest BCUT2D eigenvalue weighted by Crippen LogP contribution is 2.61. The van der Waals surface area contributed by atoms with Gasteiger partial charge in [0.15, 0.2) is 23.4 Å². The maximum Gasteiger partial charge on any atom is 0.196 e. The molecule has 5 heteroatoms. The van der Waals surface area contributed by atoms with Crippen LogP contribution in [0.5, 0.6) is 11.5 Å². The largest absolute Gasteiger partial charge is 0.493 e. The third-order valence-corrected chi connectivity index (χ3v) is 6.37. The van der Waals surface area contributed by atoms with Gasteiger partial charge in [0, 0.05) is 17.5 Å². The average molecular weight is 307 g/mol. The zero-order chi connectivity index (χ0) is 15.9. The van der Waals surface area contributed by atoms with Gasteiger partial charge in [0.25, 0.3) is 0 Å². The molecule has 0 amide bonds. The molecule has 1 saturated heterocycles. The van der Waals surface area contributed by atoms with Gasteiger partial charge in [0.05, 0.1) is 12.5 Å². The summed E-state index contributed by atoms with van der Waals surface area (Å²) < 4.78 is 11.7. The van der Waals surface area contributed by atoms with Crippen molar-refractivity contribution in [1.29, 1.82) is 0 Å². The van der Waals surface area contributed by atoms with E-state index in [-0.39, 0.29) is 11.2 Å². The van der Waals surface area contributed by atoms with Gasteiger partial charge >= 0.3 is 0 Å². The fourth-order valence-electron chi connectivity index (χ4n) is 5.33. The number of ketones is 1. The summed E-state index contributed by atoms with van der Waals surface area (Å²) in [5.74, 6) is 1.75. The van der Waals surface area contributed by atoms with Crippen LogP contribution in [0.1, 0.15) is 17.5 Å². The number of likely N-dealkylation sites (N-methyl/N-ethyl adjacent to an activating group) is 1. The van der Waals surface area contributed by atoms with E-state index in [0.29, 0.717) is 17.7 Å². The van der Waals surface area contributed by atoms with Crippen LogP contribution in [-0.4, -0.2) is 51.4 Å². The third-order valence-electron chi connectivity index (χ3n) is 6.37. The molecular formula is C18H18BNO3. The number of hydrogen-bond acceptors (Lipinski definition) is 4. The molecule has 2 radical (unpaired) electrons. The second kappa shape index (κ2) is 4.21. The first-order valence-corrected chi connectivity index (χ1v) is 8.16. The molecule has 1 aromatic rings. The normalized spacial score (nSPS) is 36.6. The van der Waals surface area contributed by atoms with Gasteiger partial charge in [-0.3, -0.25) is 4.79 Å². The Morgan fingerprint density at radius 1 is 1.48 bits per heavy atom. The van der Waals surface area contributed by atoms with Crippen LogP contribution in [0.25, 0.3) is 0 Å². The molecule has 5 rings (SSSR count). The lowest BCUT2D eigenvalue weighted by Gasteiger charge is -2.55. The second-order valence-electron chi connectivity index (χ2n) is 7.18. The first-order valence-electron chi connectivity index (χ1n) is 8.16. The van der Waals surface area contributed by atoms with Gasteiger partial charge in [-0.05, 0) is 44.1 Å². The molecule has 4 aliphatic rings. The van der Waals surface area contributed by atoms with Gasteiger partial charge in [0.1, 0.15) is 7.85 Å². The Balaban J connectivity index is 1.87. The highest BCUT2D eigenvalue weighted by atomic mass is 16.5. The summed E-state index contributed by atoms with van der Waals surface area (Å²) >= 11 is 0. The van der Waals surface area contributed by atoms with Crippen LogP contribution in [0.15, 0.2) is 18.2 Å². The highest BCUT2D eigenvalue weighted by Gasteiger charge is 2.64. The molecule has 2 heterocycles. The molecule has 23 heavy (non-hydrogen) atoms. The standard InChI is InChI=1S/C18H18BNO3/c1-20-6-5-18-10-3-4-13(21)17(18)23-16-14(22-2)8-11(19)9(15(16)18)7-12(10)20/h3-4,8,10,12,17H,5-7H2,1-2H3/t10?,12?,17-,18-/m1/s1. The van der Waals surface area contributed by atoms with Crippen LogP contribution >= 0.6 is 0 Å². The van der Waals surface area contributed by atoms with Crippen LogP contribution in [-0.2, 0) is 16.6 Å². The maximum atomic E-state index is 12.6. The van der Waals surface area contributed by atoms with E-state index in [9.17, 15) is 4.79 Å². The van der Waals surface area contributed by atoms with E-state index in [4.69, 9.17) is 17.3 Å². The summed E-state index contributed by atoms with van der Waals surface area (Å²) in [6.45, 7) is 0.970. The first kappa shape index (κ1) is 13.7. The van der Waals surface area contributed by atoms with Crippen LogP contribution in [0.3, 0.4) is 0 Å². The third kappa shape index (κ3) is 1.41. The Bertz CT molecular complexity index is 774. The van der Waals surface area contributed by atoms with Gasteiger partial charge in [-0.2, -0.15) is 0 Å². The fourth-order valence-corrected chi connectivity index (χ4v) is 5.33. The van der Waals surface area contributed by atoms with Crippen molar-refractivity contribution in [2.24, 2.45) is 5.92 Å². The van der Waals surface area contributed by atoms with E-state index in [1.54, 1.807) is 13.2 Å². The maximum absolute atomic E-state index is 12.6. The van der Waals surface area contributed by atoms with E-state index >= 15 is 0 Å². The zero-order valence-corrected chi connectivity index (χ0v) is 13.3. The van der Waals surface area contributed by atoms with Crippen molar-refractivity contribution in [3.05, 3.63) is 29.3 Å². The van der Waals surface area contributed by atoms with Crippen LogP contribution in [0.2, 0.25) is 0 Å². The van der Waals surface area contributed by atoms with Gasteiger partial charge in [-0.25, -0.2) is 0 Å². The fraction of sp³-hybridized carbons (Fsp3) is 0.500. The molecule has 0 N–H and O–H groups in total. The quantitative estimate of drug-likeness (QED) is 0.709. The number of rotatable bonds is 1. The van der Waals surface area contributed by atoms with Gasteiger partial charge < -0.3 is 14.4 Å². The molecule has 0 aromatic heterocycles. The first-order chi connectivity index (χ1) is 11.1. The molecule has 116 valence electrons. The highest BCUT2D eigenvalue weighted by molar-refractivity contribution is 6.34. The molecular weight excluding hydrogens is 289 g/mol. The topological polar surface area (TPSA) is 38.8 Å². The van der Waals surface area contributed by atoms with Crippen molar-refractivity contribution in [2.45, 2.75) is 30.4 Å². The summed E-state index contributed by atoms with van der Waals surface area (Å²) in [7, 11) is 10.1. The van der Waals surface area contributed by atoms with Crippen molar-refractivity contribution < 1.29 is 14.3 Å². The Morgan fingerprint density at radius 3 is 3.09 bits per heavy atom. The number of likely N-dealkylation sites (tertiary alicyclic amines) is 1. The molecule has 2 bridgehead atoms. The van der Waals surface area contributed by atoms with E-state index in [0.717, 1.165) is 41.7 Å². The average Bonchev–Trinajstić information content (AvgIpc) is 2.89. The van der Waals surface area contributed by atoms with Crippen molar-refractivity contribution in [2.75, 3.05) is 20.7 Å². The van der Waals surface area contributed by atoms with Gasteiger partial charge in [0.2, 0.25) is 0 Å². The van der Waals surface area contributed by atoms with Crippen molar-refractivity contribution >= 4 is 19.1 Å². The second-order valence-corrected chi connectivity index (χ2v) is 7.18. The van der Waals surface area contributed by atoms with E-state index in [1.165, 1.54) is 0 Å². The van der Waals surface area contributed by atoms with Crippen molar-refractivity contribution in [3.8, 4) is 11.5 Å². The Hall–Kier alpha value is -1.75. The SMILES string of the molecule is [B]c1cc(OC)c2c3c1CC1C4C=CC(=O)[C@@H](O2)[C@@]34CCN1C. The lowest BCUT2D eigenvalue weighted by Crippen LogP contribution is -2.64. The van der Waals surface area contributed by atoms with E-state index in [1.807, 2.05) is 6.07 Å². The summed E-state index contributed by atoms with van der Waals surface area (Å²) in [5.41, 5.74) is 2.78. The summed E-state index contributed by atoms with van der Waals surface area (Å²) in [4.78, 5) is 15.0. The van der Waals surface area contributed by atoms with Crippen LogP contribution in [0.4, 0.5) is 0 Å². The number of hydrogen-bond donors (Lipinski definition) is 0. The number of carbonyl (C=O) groups excluding carboxylic acids is 1. The van der Waals surface area contributed by atoms with E-state index < -0.39 is 6.10 Å². The van der Waals surface area contributed by atoms with E-state index in [2.05, 4.69) is 18.0 Å². The molecule has 1 aromatic carbocycles. The number of benzene rings is 1. The molecule has 1 fully saturated rings. The summed E-state index contributed by atoms with van der Waals surface area (Å²) in [6, 6.07) is 2.21. The minimum atomic E-state index is -0.432. The number of ether oxygens (including phenoxy) is 2. The Labute approximate surface area is 136 Å². The minimum Gasteiger partial charge on any atom is -0.493 e. The van der Waals surface area contributed by atoms with Crippen molar-refractivity contribution in [3.63, 3.8) is 0 Å². The predicted octanol–water partition coefficient (Wildman–Crippen LogP) is 0.503. The molecule has 2 aliphatic carbocycles. The Kier molecular flexibility index (Phi) is 2.50. The van der Waals surface area contributed by atoms with Gasteiger partial charge in [-0.1, -0.05) is 11.5 Å². The smallest absolute Gasteiger partial charge is 0.196 e. The number of methoxy groups -OCH3 is 1. The molecule has 1 spiro atoms. The predicted molar refractivity (Wildman–Crippen MR) is 86.9 cm³/mol. The number of nitrogens with zero attached hydrogens (tertiary/aromatic N) is 1. The zero-order valence-electron chi connectivity index (χ0n) is 13.3. The monoisotopic (exact) mass is 307 g/mol. The summed E-state index contributed by atoms with van der Waals surface area (Å²) in [6.07, 6.45) is 5.20. The molecule has 4 nitrogen and oxygen atoms in total. The molecule has 0 saturated carbocycles. The Morgan fingerprint density at radius 2 is 2.30 bits per heavy atom. The summed E-state index contributed by atoms with van der Waals surface area (Å²) in [5, 5.41) is 0. The van der Waals surface area contributed by atoms with Gasteiger partial charge in [-0.15, -0.1) is 0 Å². The lowest BCUT2D eigenvalue weighted by atomic mass is 9.52. The molecule has 2 aliphatic heterocycles. The minimum absolute atomic E-state index is 0.0641. The number of carbonyl (C=O) groups is 1.